The van der Waals surface area contributed by atoms with E-state index in [2.05, 4.69) is 16.7 Å². The molecule has 3 rings (SSSR count). The van der Waals surface area contributed by atoms with Gasteiger partial charge < -0.3 is 15.5 Å². The second-order valence-electron chi connectivity index (χ2n) is 5.05. The Hall–Kier alpha value is -1.29. The number of nitrogens with one attached hydrogen (secondary N) is 2. The zero-order valence-electron chi connectivity index (χ0n) is 9.98. The maximum absolute atomic E-state index is 12.1. The lowest BCUT2D eigenvalue weighted by Gasteiger charge is -2.41. The predicted octanol–water partition coefficient (Wildman–Crippen LogP) is 1.22. The summed E-state index contributed by atoms with van der Waals surface area (Å²) in [6, 6.07) is 0.512. The average Bonchev–Trinajstić information content (AvgIpc) is 2.39. The van der Waals surface area contributed by atoms with E-state index in [1.54, 1.807) is 0 Å². The summed E-state index contributed by atoms with van der Waals surface area (Å²) in [5.74, 6) is 0.479. The summed E-state index contributed by atoms with van der Waals surface area (Å²) < 4.78 is 0. The Kier molecular flexibility index (Phi) is 2.89. The number of rotatable bonds is 1. The van der Waals surface area contributed by atoms with Crippen LogP contribution >= 0.6 is 0 Å². The summed E-state index contributed by atoms with van der Waals surface area (Å²) in [5.41, 5.74) is 1.10. The molecule has 2 saturated heterocycles. The fraction of sp³-hybridized carbons (Fsp3) is 0.615. The van der Waals surface area contributed by atoms with Gasteiger partial charge in [-0.25, -0.2) is 4.79 Å². The van der Waals surface area contributed by atoms with E-state index < -0.39 is 0 Å². The second kappa shape index (κ2) is 4.53. The van der Waals surface area contributed by atoms with Crippen LogP contribution in [0.25, 0.3) is 0 Å². The van der Waals surface area contributed by atoms with Crippen LogP contribution in [0.2, 0.25) is 0 Å². The van der Waals surface area contributed by atoms with Gasteiger partial charge in [-0.05, 0) is 38.4 Å². The summed E-state index contributed by atoms with van der Waals surface area (Å²) in [6.45, 7) is 2.94. The zero-order chi connectivity index (χ0) is 11.7. The number of piperidine rings is 1. The minimum absolute atomic E-state index is 0.0923. The molecule has 3 aliphatic rings. The van der Waals surface area contributed by atoms with Crippen molar-refractivity contribution in [3.63, 3.8) is 0 Å². The maximum atomic E-state index is 12.1. The molecule has 0 aromatic rings. The van der Waals surface area contributed by atoms with Crippen molar-refractivity contribution in [2.24, 2.45) is 5.92 Å². The topological polar surface area (TPSA) is 44.4 Å². The highest BCUT2D eigenvalue weighted by atomic mass is 16.2. The van der Waals surface area contributed by atoms with E-state index in [4.69, 9.17) is 0 Å². The van der Waals surface area contributed by atoms with Gasteiger partial charge in [0.1, 0.15) is 0 Å². The molecule has 2 aliphatic heterocycles. The SMILES string of the molecule is O=C1NC2=CC=CCC2CN1C1CCNCC1. The fourth-order valence-corrected chi connectivity index (χ4v) is 2.94. The van der Waals surface area contributed by atoms with Gasteiger partial charge in [-0.2, -0.15) is 0 Å². The molecular weight excluding hydrogens is 214 g/mol. The lowest BCUT2D eigenvalue weighted by Crippen LogP contribution is -2.56. The summed E-state index contributed by atoms with van der Waals surface area (Å²) in [7, 11) is 0. The summed E-state index contributed by atoms with van der Waals surface area (Å²) in [5, 5.41) is 6.39. The molecule has 0 spiro atoms. The largest absolute Gasteiger partial charge is 0.321 e. The van der Waals surface area contributed by atoms with Crippen LogP contribution in [0.1, 0.15) is 19.3 Å². The standard InChI is InChI=1S/C13H19N3O/c17-13-15-12-4-2-1-3-10(12)9-16(13)11-5-7-14-8-6-11/h1-2,4,10-11,14H,3,5-9H2,(H,15,17). The van der Waals surface area contributed by atoms with Gasteiger partial charge in [-0.3, -0.25) is 0 Å². The van der Waals surface area contributed by atoms with Crippen LogP contribution in [-0.2, 0) is 0 Å². The van der Waals surface area contributed by atoms with E-state index in [1.165, 1.54) is 0 Å². The molecule has 2 amide bonds. The number of fused-ring (bicyclic) bond motifs is 1. The molecule has 0 saturated carbocycles. The van der Waals surface area contributed by atoms with Gasteiger partial charge in [-0.1, -0.05) is 12.2 Å². The van der Waals surface area contributed by atoms with Crippen LogP contribution in [0.3, 0.4) is 0 Å². The highest BCUT2D eigenvalue weighted by Crippen LogP contribution is 2.26. The molecule has 2 heterocycles. The molecule has 1 aliphatic carbocycles. The van der Waals surface area contributed by atoms with Crippen molar-refractivity contribution in [3.8, 4) is 0 Å². The van der Waals surface area contributed by atoms with Crippen molar-refractivity contribution in [2.45, 2.75) is 25.3 Å². The van der Waals surface area contributed by atoms with Gasteiger partial charge >= 0.3 is 6.03 Å². The third-order valence-corrected chi connectivity index (χ3v) is 3.95. The van der Waals surface area contributed by atoms with E-state index in [-0.39, 0.29) is 6.03 Å². The molecule has 0 aromatic carbocycles. The number of allylic oxidation sites excluding steroid dienone is 3. The van der Waals surface area contributed by atoms with Gasteiger partial charge in [0.15, 0.2) is 0 Å². The van der Waals surface area contributed by atoms with E-state index in [9.17, 15) is 4.79 Å². The molecule has 0 aromatic heterocycles. The molecule has 92 valence electrons. The Labute approximate surface area is 102 Å². The summed E-state index contributed by atoms with van der Waals surface area (Å²) >= 11 is 0. The molecule has 0 bridgehead atoms. The summed E-state index contributed by atoms with van der Waals surface area (Å²) in [4.78, 5) is 14.1. The van der Waals surface area contributed by atoms with Crippen molar-refractivity contribution < 1.29 is 4.79 Å². The van der Waals surface area contributed by atoms with E-state index >= 15 is 0 Å². The van der Waals surface area contributed by atoms with Gasteiger partial charge in [0.25, 0.3) is 0 Å². The van der Waals surface area contributed by atoms with E-state index in [0.717, 1.165) is 44.6 Å². The third-order valence-electron chi connectivity index (χ3n) is 3.95. The Morgan fingerprint density at radius 2 is 2.12 bits per heavy atom. The molecule has 2 fully saturated rings. The monoisotopic (exact) mass is 233 g/mol. The molecule has 2 N–H and O–H groups in total. The van der Waals surface area contributed by atoms with Crippen LogP contribution in [-0.4, -0.2) is 36.6 Å². The minimum atomic E-state index is 0.0923. The molecule has 4 heteroatoms. The fourth-order valence-electron chi connectivity index (χ4n) is 2.94. The lowest BCUT2D eigenvalue weighted by molar-refractivity contribution is 0.137. The minimum Gasteiger partial charge on any atom is -0.321 e. The number of carbonyl (C=O) groups is 1. The first-order valence-electron chi connectivity index (χ1n) is 6.49. The Morgan fingerprint density at radius 3 is 2.94 bits per heavy atom. The lowest BCUT2D eigenvalue weighted by atomic mass is 9.92. The van der Waals surface area contributed by atoms with Crippen LogP contribution < -0.4 is 10.6 Å². The quantitative estimate of drug-likeness (QED) is 0.715. The Balaban J connectivity index is 1.72. The highest BCUT2D eigenvalue weighted by molar-refractivity contribution is 5.78. The number of carbonyl (C=O) groups excluding carboxylic acids is 1. The molecule has 17 heavy (non-hydrogen) atoms. The van der Waals surface area contributed by atoms with Gasteiger partial charge in [-0.15, -0.1) is 0 Å². The molecule has 1 atom stereocenters. The normalized spacial score (nSPS) is 29.6. The number of hydrogen-bond acceptors (Lipinski definition) is 2. The van der Waals surface area contributed by atoms with Crippen molar-refractivity contribution in [2.75, 3.05) is 19.6 Å². The van der Waals surface area contributed by atoms with E-state index in [0.29, 0.717) is 12.0 Å². The van der Waals surface area contributed by atoms with Crippen LogP contribution in [0.15, 0.2) is 23.9 Å². The molecule has 0 radical (unpaired) electrons. The molecule has 4 nitrogen and oxygen atoms in total. The second-order valence-corrected chi connectivity index (χ2v) is 5.05. The van der Waals surface area contributed by atoms with Crippen molar-refractivity contribution in [1.82, 2.24) is 15.5 Å². The molecule has 1 unspecified atom stereocenters. The number of hydrogen-bond donors (Lipinski definition) is 2. The predicted molar refractivity (Wildman–Crippen MR) is 66.5 cm³/mol. The molecular formula is C13H19N3O. The maximum Gasteiger partial charge on any atom is 0.321 e. The Morgan fingerprint density at radius 1 is 1.29 bits per heavy atom. The van der Waals surface area contributed by atoms with Crippen molar-refractivity contribution in [1.29, 1.82) is 0 Å². The average molecular weight is 233 g/mol. The summed E-state index contributed by atoms with van der Waals surface area (Å²) in [6.07, 6.45) is 9.46. The number of amides is 2. The first-order chi connectivity index (χ1) is 8.34. The van der Waals surface area contributed by atoms with Gasteiger partial charge in [0.2, 0.25) is 0 Å². The first kappa shape index (κ1) is 10.8. The highest BCUT2D eigenvalue weighted by Gasteiger charge is 2.33. The smallest absolute Gasteiger partial charge is 0.321 e. The first-order valence-corrected chi connectivity index (χ1v) is 6.49. The van der Waals surface area contributed by atoms with Crippen LogP contribution in [0.5, 0.6) is 0 Å². The number of urea groups is 1. The number of nitrogens with zero attached hydrogens (tertiary/aromatic N) is 1. The Bertz CT molecular complexity index is 369. The zero-order valence-corrected chi connectivity index (χ0v) is 9.98. The van der Waals surface area contributed by atoms with Crippen molar-refractivity contribution >= 4 is 6.03 Å². The third kappa shape index (κ3) is 2.09. The van der Waals surface area contributed by atoms with Gasteiger partial charge in [0.05, 0.1) is 0 Å². The van der Waals surface area contributed by atoms with Gasteiger partial charge in [0, 0.05) is 24.2 Å². The van der Waals surface area contributed by atoms with E-state index in [1.807, 2.05) is 17.1 Å². The van der Waals surface area contributed by atoms with Crippen LogP contribution in [0, 0.1) is 5.92 Å². The van der Waals surface area contributed by atoms with Crippen LogP contribution in [0.4, 0.5) is 4.79 Å². The van der Waals surface area contributed by atoms with Crippen molar-refractivity contribution in [3.05, 3.63) is 23.9 Å².